The molecule has 1 rings (SSSR count). The lowest BCUT2D eigenvalue weighted by molar-refractivity contribution is 0.234. The second-order valence-electron chi connectivity index (χ2n) is 4.49. The van der Waals surface area contributed by atoms with Crippen molar-refractivity contribution in [1.29, 1.82) is 0 Å². The van der Waals surface area contributed by atoms with Crippen molar-refractivity contribution in [2.45, 2.75) is 38.8 Å². The van der Waals surface area contributed by atoms with Gasteiger partial charge in [0.1, 0.15) is 0 Å². The van der Waals surface area contributed by atoms with Crippen LogP contribution >= 0.6 is 0 Å². The summed E-state index contributed by atoms with van der Waals surface area (Å²) in [5.74, 6) is 0. The highest BCUT2D eigenvalue weighted by molar-refractivity contribution is 6.92. The molecule has 1 aliphatic heterocycles. The van der Waals surface area contributed by atoms with Crippen LogP contribution in [0.5, 0.6) is 0 Å². The fourth-order valence-corrected chi connectivity index (χ4v) is 17.3. The Hall–Kier alpha value is 0.531. The molecule has 1 radical (unpaired) electrons. The highest BCUT2D eigenvalue weighted by Gasteiger charge is 2.51. The SMILES string of the molecule is [CH2]C[Si]1(C)O[Si](C)(C)O[Si](C)(C)O1. The monoisotopic (exact) mass is 235 g/mol. The second kappa shape index (κ2) is 3.28. The first-order valence-electron chi connectivity index (χ1n) is 4.58. The van der Waals surface area contributed by atoms with Gasteiger partial charge in [-0.15, -0.1) is 0 Å². The minimum Gasteiger partial charge on any atom is -0.416 e. The van der Waals surface area contributed by atoms with E-state index in [0.717, 1.165) is 6.04 Å². The van der Waals surface area contributed by atoms with Crippen LogP contribution in [0.3, 0.4) is 0 Å². The average Bonchev–Trinajstić information content (AvgIpc) is 1.79. The Morgan fingerprint density at radius 2 is 1.23 bits per heavy atom. The van der Waals surface area contributed by atoms with Gasteiger partial charge >= 0.3 is 25.7 Å². The van der Waals surface area contributed by atoms with E-state index in [1.54, 1.807) is 0 Å². The fraction of sp³-hybridized carbons (Fsp3) is 0.857. The molecular weight excluding hydrogens is 216 g/mol. The van der Waals surface area contributed by atoms with Gasteiger partial charge in [0.25, 0.3) is 0 Å². The van der Waals surface area contributed by atoms with Gasteiger partial charge in [-0.2, -0.15) is 0 Å². The highest BCUT2D eigenvalue weighted by atomic mass is 28.5. The van der Waals surface area contributed by atoms with Crippen molar-refractivity contribution in [3.8, 4) is 0 Å². The van der Waals surface area contributed by atoms with Gasteiger partial charge in [0.2, 0.25) is 0 Å². The van der Waals surface area contributed by atoms with Crippen LogP contribution in [0.25, 0.3) is 0 Å². The smallest absolute Gasteiger partial charge is 0.317 e. The molecule has 0 aromatic rings. The highest BCUT2D eigenvalue weighted by Crippen LogP contribution is 2.31. The summed E-state index contributed by atoms with van der Waals surface area (Å²) < 4.78 is 17.8. The Labute approximate surface area is 84.1 Å². The maximum Gasteiger partial charge on any atom is 0.317 e. The van der Waals surface area contributed by atoms with Crippen LogP contribution in [0.4, 0.5) is 0 Å². The zero-order chi connectivity index (χ0) is 10.3. The Morgan fingerprint density at radius 3 is 1.54 bits per heavy atom. The third-order valence-electron chi connectivity index (χ3n) is 1.87. The molecule has 6 heteroatoms. The van der Waals surface area contributed by atoms with Crippen LogP contribution in [-0.4, -0.2) is 25.7 Å². The van der Waals surface area contributed by atoms with Crippen LogP contribution in [0.15, 0.2) is 0 Å². The summed E-state index contributed by atoms with van der Waals surface area (Å²) in [6.45, 7) is 14.4. The third-order valence-corrected chi connectivity index (χ3v) is 14.1. The van der Waals surface area contributed by atoms with Crippen LogP contribution in [-0.2, 0) is 12.3 Å². The first-order chi connectivity index (χ1) is 5.68. The topological polar surface area (TPSA) is 27.7 Å². The molecular formula is C7H19O3Si3. The van der Waals surface area contributed by atoms with Crippen molar-refractivity contribution in [1.82, 2.24) is 0 Å². The van der Waals surface area contributed by atoms with Gasteiger partial charge in [-0.1, -0.05) is 6.92 Å². The minimum absolute atomic E-state index is 0.767. The van der Waals surface area contributed by atoms with Gasteiger partial charge in [0, 0.05) is 0 Å². The van der Waals surface area contributed by atoms with E-state index in [-0.39, 0.29) is 0 Å². The predicted molar refractivity (Wildman–Crippen MR) is 60.0 cm³/mol. The van der Waals surface area contributed by atoms with Crippen molar-refractivity contribution in [2.75, 3.05) is 0 Å². The number of hydrogen-bond acceptors (Lipinski definition) is 3. The van der Waals surface area contributed by atoms with Crippen LogP contribution in [0.2, 0.25) is 38.8 Å². The lowest BCUT2D eigenvalue weighted by atomic mass is 11.0. The molecule has 1 saturated heterocycles. The Bertz CT molecular complexity index is 189. The third kappa shape index (κ3) is 3.00. The summed E-state index contributed by atoms with van der Waals surface area (Å²) in [4.78, 5) is 0. The van der Waals surface area contributed by atoms with E-state index in [9.17, 15) is 0 Å². The number of hydrogen-bond donors (Lipinski definition) is 0. The molecule has 0 aromatic carbocycles. The molecule has 0 spiro atoms. The maximum absolute atomic E-state index is 5.95. The summed E-state index contributed by atoms with van der Waals surface area (Å²) in [6, 6.07) is 0.767. The van der Waals surface area contributed by atoms with Crippen molar-refractivity contribution >= 4 is 25.7 Å². The molecule has 13 heavy (non-hydrogen) atoms. The van der Waals surface area contributed by atoms with Crippen LogP contribution < -0.4 is 0 Å². The van der Waals surface area contributed by atoms with Crippen molar-refractivity contribution in [3.63, 3.8) is 0 Å². The van der Waals surface area contributed by atoms with Gasteiger partial charge < -0.3 is 12.3 Å². The molecule has 0 amide bonds. The molecule has 1 aliphatic rings. The zero-order valence-electron chi connectivity index (χ0n) is 9.14. The average molecular weight is 235 g/mol. The molecule has 0 aromatic heterocycles. The Balaban J connectivity index is 2.84. The molecule has 0 unspecified atom stereocenters. The molecule has 1 heterocycles. The predicted octanol–water partition coefficient (Wildman–Crippen LogP) is 2.36. The fourth-order valence-electron chi connectivity index (χ4n) is 1.80. The van der Waals surface area contributed by atoms with Gasteiger partial charge in [0.05, 0.1) is 0 Å². The van der Waals surface area contributed by atoms with Crippen molar-refractivity contribution < 1.29 is 12.3 Å². The lowest BCUT2D eigenvalue weighted by Gasteiger charge is -2.47. The minimum atomic E-state index is -1.99. The first kappa shape index (κ1) is 11.6. The van der Waals surface area contributed by atoms with E-state index in [4.69, 9.17) is 12.3 Å². The van der Waals surface area contributed by atoms with Gasteiger partial charge in [-0.3, -0.25) is 0 Å². The number of rotatable bonds is 1. The largest absolute Gasteiger partial charge is 0.416 e. The lowest BCUT2D eigenvalue weighted by Crippen LogP contribution is -2.65. The molecule has 0 aliphatic carbocycles. The van der Waals surface area contributed by atoms with E-state index < -0.39 is 25.7 Å². The first-order valence-corrected chi connectivity index (χ1v) is 12.7. The maximum atomic E-state index is 5.95. The second-order valence-corrected chi connectivity index (χ2v) is 15.3. The summed E-state index contributed by atoms with van der Waals surface area (Å²) in [5.41, 5.74) is 0. The summed E-state index contributed by atoms with van der Waals surface area (Å²) in [6.07, 6.45) is 0. The van der Waals surface area contributed by atoms with Gasteiger partial charge in [-0.25, -0.2) is 0 Å². The van der Waals surface area contributed by atoms with Crippen LogP contribution in [0, 0.1) is 6.92 Å². The van der Waals surface area contributed by atoms with Crippen molar-refractivity contribution in [3.05, 3.63) is 6.92 Å². The summed E-state index contributed by atoms with van der Waals surface area (Å²) in [5, 5.41) is 0. The van der Waals surface area contributed by atoms with Gasteiger partial charge in [-0.05, 0) is 38.8 Å². The standard InChI is InChI=1S/C7H19O3Si3/c1-7-13(6)9-11(2,3)8-12(4,5)10-13/h1,7H2,2-6H3. The van der Waals surface area contributed by atoms with Crippen molar-refractivity contribution in [2.24, 2.45) is 0 Å². The van der Waals surface area contributed by atoms with E-state index in [2.05, 4.69) is 39.7 Å². The molecule has 0 N–H and O–H groups in total. The molecule has 0 bridgehead atoms. The molecule has 1 fully saturated rings. The normalized spacial score (nSPS) is 30.0. The quantitative estimate of drug-likeness (QED) is 0.653. The summed E-state index contributed by atoms with van der Waals surface area (Å²) in [7, 11) is -5.84. The molecule has 0 atom stereocenters. The summed E-state index contributed by atoms with van der Waals surface area (Å²) >= 11 is 0. The Morgan fingerprint density at radius 1 is 0.846 bits per heavy atom. The van der Waals surface area contributed by atoms with E-state index >= 15 is 0 Å². The van der Waals surface area contributed by atoms with E-state index in [1.807, 2.05) is 0 Å². The van der Waals surface area contributed by atoms with E-state index in [0.29, 0.717) is 0 Å². The molecule has 77 valence electrons. The molecule has 3 nitrogen and oxygen atoms in total. The zero-order valence-corrected chi connectivity index (χ0v) is 12.1. The van der Waals surface area contributed by atoms with E-state index in [1.165, 1.54) is 0 Å². The Kier molecular flexibility index (Phi) is 2.93. The molecule has 0 saturated carbocycles. The van der Waals surface area contributed by atoms with Crippen LogP contribution in [0.1, 0.15) is 0 Å². The van der Waals surface area contributed by atoms with Gasteiger partial charge in [0.15, 0.2) is 0 Å².